The van der Waals surface area contributed by atoms with Crippen molar-refractivity contribution in [3.05, 3.63) is 59.7 Å². The summed E-state index contributed by atoms with van der Waals surface area (Å²) < 4.78 is 5.70. The van der Waals surface area contributed by atoms with Crippen molar-refractivity contribution >= 4 is 11.8 Å². The second-order valence-electron chi connectivity index (χ2n) is 4.58. The van der Waals surface area contributed by atoms with Gasteiger partial charge in [-0.2, -0.15) is 0 Å². The molecule has 0 fully saturated rings. The Bertz CT molecular complexity index is 644. The van der Waals surface area contributed by atoms with Gasteiger partial charge in [0.25, 0.3) is 0 Å². The molecule has 4 heteroatoms. The molecule has 0 saturated heterocycles. The Balaban J connectivity index is 2.18. The number of benzene rings is 2. The number of hydrogen-bond donors (Lipinski definition) is 1. The molecule has 0 aliphatic carbocycles. The van der Waals surface area contributed by atoms with Crippen LogP contribution in [0.2, 0.25) is 0 Å². The average molecular weight is 284 g/mol. The molecular weight excluding hydrogens is 268 g/mol. The zero-order valence-electron chi connectivity index (χ0n) is 11.7. The molecule has 1 N–H and O–H groups in total. The fourth-order valence-electron chi connectivity index (χ4n) is 1.95. The Labute approximate surface area is 123 Å². The fraction of sp³-hybridized carbons (Fsp3) is 0.176. The number of carboxylic acid groups (broad SMARTS) is 1. The molecular formula is C17H16O4. The first-order chi connectivity index (χ1) is 10.1. The van der Waals surface area contributed by atoms with E-state index in [0.717, 1.165) is 0 Å². The molecule has 0 radical (unpaired) electrons. The van der Waals surface area contributed by atoms with Gasteiger partial charge in [0.2, 0.25) is 0 Å². The number of ether oxygens (including phenoxy) is 1. The molecule has 0 aliphatic rings. The molecule has 0 atom stereocenters. The van der Waals surface area contributed by atoms with Crippen LogP contribution >= 0.6 is 0 Å². The van der Waals surface area contributed by atoms with Crippen LogP contribution in [0.15, 0.2) is 48.5 Å². The number of hydrogen-bond acceptors (Lipinski definition) is 3. The van der Waals surface area contributed by atoms with Gasteiger partial charge in [0.1, 0.15) is 11.5 Å². The number of carbonyl (C=O) groups excluding carboxylic acids is 1. The minimum atomic E-state index is -0.907. The Kier molecular flexibility index (Phi) is 4.72. The lowest BCUT2D eigenvalue weighted by Gasteiger charge is -2.10. The van der Waals surface area contributed by atoms with E-state index in [1.165, 1.54) is 0 Å². The number of rotatable bonds is 6. The van der Waals surface area contributed by atoms with E-state index in [0.29, 0.717) is 29.0 Å². The highest BCUT2D eigenvalue weighted by Gasteiger charge is 2.09. The molecule has 108 valence electrons. The maximum Gasteiger partial charge on any atom is 0.307 e. The predicted octanol–water partition coefficient (Wildman–Crippen LogP) is 3.70. The van der Waals surface area contributed by atoms with Gasteiger partial charge in [-0.1, -0.05) is 25.1 Å². The third-order valence-electron chi connectivity index (χ3n) is 3.04. The standard InChI is InChI=1S/C17H16O4/c1-2-15(18)12-7-9-14(10-8-12)21-16-6-4-3-5-13(16)11-17(19)20/h3-10H,2,11H2,1H3,(H,19,20). The number of carboxylic acids is 1. The first kappa shape index (κ1) is 14.8. The summed E-state index contributed by atoms with van der Waals surface area (Å²) in [4.78, 5) is 22.4. The summed E-state index contributed by atoms with van der Waals surface area (Å²) in [6.07, 6.45) is 0.365. The summed E-state index contributed by atoms with van der Waals surface area (Å²) in [5, 5.41) is 8.89. The second kappa shape index (κ2) is 6.70. The summed E-state index contributed by atoms with van der Waals surface area (Å²) in [7, 11) is 0. The van der Waals surface area contributed by atoms with Crippen LogP contribution in [0.4, 0.5) is 0 Å². The van der Waals surface area contributed by atoms with Crippen molar-refractivity contribution in [1.29, 1.82) is 0 Å². The molecule has 0 spiro atoms. The molecule has 0 bridgehead atoms. The van der Waals surface area contributed by atoms with Crippen molar-refractivity contribution in [3.8, 4) is 11.5 Å². The van der Waals surface area contributed by atoms with Crippen molar-refractivity contribution in [2.45, 2.75) is 19.8 Å². The lowest BCUT2D eigenvalue weighted by Crippen LogP contribution is -2.02. The zero-order chi connectivity index (χ0) is 15.2. The van der Waals surface area contributed by atoms with E-state index < -0.39 is 5.97 Å². The molecule has 2 aromatic rings. The first-order valence-electron chi connectivity index (χ1n) is 6.71. The molecule has 0 unspecified atom stereocenters. The van der Waals surface area contributed by atoms with E-state index in [1.807, 2.05) is 6.92 Å². The number of para-hydroxylation sites is 1. The van der Waals surface area contributed by atoms with Crippen LogP contribution in [0.1, 0.15) is 29.3 Å². The van der Waals surface area contributed by atoms with Gasteiger partial charge >= 0.3 is 5.97 Å². The van der Waals surface area contributed by atoms with Crippen LogP contribution < -0.4 is 4.74 Å². The molecule has 0 amide bonds. The summed E-state index contributed by atoms with van der Waals surface area (Å²) in [6.45, 7) is 1.81. The van der Waals surface area contributed by atoms with Crippen LogP contribution in [0.25, 0.3) is 0 Å². The van der Waals surface area contributed by atoms with Gasteiger partial charge in [0, 0.05) is 17.5 Å². The summed E-state index contributed by atoms with van der Waals surface area (Å²) in [5.41, 5.74) is 1.25. The van der Waals surface area contributed by atoms with E-state index in [-0.39, 0.29) is 12.2 Å². The first-order valence-corrected chi connectivity index (χ1v) is 6.71. The van der Waals surface area contributed by atoms with Crippen molar-refractivity contribution < 1.29 is 19.4 Å². The van der Waals surface area contributed by atoms with Gasteiger partial charge in [0.15, 0.2) is 5.78 Å². The maximum absolute atomic E-state index is 11.6. The zero-order valence-corrected chi connectivity index (χ0v) is 11.7. The van der Waals surface area contributed by atoms with Crippen LogP contribution in [0, 0.1) is 0 Å². The maximum atomic E-state index is 11.6. The highest BCUT2D eigenvalue weighted by Crippen LogP contribution is 2.26. The monoisotopic (exact) mass is 284 g/mol. The van der Waals surface area contributed by atoms with Crippen LogP contribution in [-0.2, 0) is 11.2 Å². The lowest BCUT2D eigenvalue weighted by molar-refractivity contribution is -0.136. The van der Waals surface area contributed by atoms with Gasteiger partial charge < -0.3 is 9.84 Å². The van der Waals surface area contributed by atoms with Gasteiger partial charge in [0.05, 0.1) is 6.42 Å². The topological polar surface area (TPSA) is 63.6 Å². The van der Waals surface area contributed by atoms with E-state index >= 15 is 0 Å². The largest absolute Gasteiger partial charge is 0.481 e. The van der Waals surface area contributed by atoms with Gasteiger partial charge in [-0.25, -0.2) is 0 Å². The van der Waals surface area contributed by atoms with E-state index in [9.17, 15) is 9.59 Å². The van der Waals surface area contributed by atoms with E-state index in [1.54, 1.807) is 48.5 Å². The summed E-state index contributed by atoms with van der Waals surface area (Å²) >= 11 is 0. The van der Waals surface area contributed by atoms with Gasteiger partial charge in [-0.05, 0) is 30.3 Å². The van der Waals surface area contributed by atoms with Crippen molar-refractivity contribution in [3.63, 3.8) is 0 Å². The fourth-order valence-corrected chi connectivity index (χ4v) is 1.95. The van der Waals surface area contributed by atoms with E-state index in [2.05, 4.69) is 0 Å². The molecule has 0 aromatic heterocycles. The second-order valence-corrected chi connectivity index (χ2v) is 4.58. The predicted molar refractivity (Wildman–Crippen MR) is 78.9 cm³/mol. The minimum absolute atomic E-state index is 0.0767. The van der Waals surface area contributed by atoms with Crippen molar-refractivity contribution in [2.24, 2.45) is 0 Å². The Morgan fingerprint density at radius 1 is 1.05 bits per heavy atom. The highest BCUT2D eigenvalue weighted by atomic mass is 16.5. The number of carbonyl (C=O) groups is 2. The van der Waals surface area contributed by atoms with Gasteiger partial charge in [-0.15, -0.1) is 0 Å². The minimum Gasteiger partial charge on any atom is -0.481 e. The van der Waals surface area contributed by atoms with Crippen LogP contribution in [0.5, 0.6) is 11.5 Å². The average Bonchev–Trinajstić information content (AvgIpc) is 2.49. The van der Waals surface area contributed by atoms with Crippen molar-refractivity contribution in [2.75, 3.05) is 0 Å². The molecule has 4 nitrogen and oxygen atoms in total. The lowest BCUT2D eigenvalue weighted by atomic mass is 10.1. The molecule has 0 aliphatic heterocycles. The molecule has 2 rings (SSSR count). The quantitative estimate of drug-likeness (QED) is 0.821. The molecule has 21 heavy (non-hydrogen) atoms. The Hall–Kier alpha value is -2.62. The normalized spacial score (nSPS) is 10.1. The Morgan fingerprint density at radius 2 is 1.71 bits per heavy atom. The van der Waals surface area contributed by atoms with Crippen LogP contribution in [-0.4, -0.2) is 16.9 Å². The molecule has 0 heterocycles. The summed E-state index contributed by atoms with van der Waals surface area (Å²) in [5.74, 6) is 0.248. The summed E-state index contributed by atoms with van der Waals surface area (Å²) in [6, 6.07) is 13.8. The van der Waals surface area contributed by atoms with E-state index in [4.69, 9.17) is 9.84 Å². The Morgan fingerprint density at radius 3 is 2.33 bits per heavy atom. The molecule has 2 aromatic carbocycles. The smallest absolute Gasteiger partial charge is 0.307 e. The SMILES string of the molecule is CCC(=O)c1ccc(Oc2ccccc2CC(=O)O)cc1. The van der Waals surface area contributed by atoms with Gasteiger partial charge in [-0.3, -0.25) is 9.59 Å². The molecule has 0 saturated carbocycles. The third kappa shape index (κ3) is 3.92. The third-order valence-corrected chi connectivity index (χ3v) is 3.04. The van der Waals surface area contributed by atoms with Crippen molar-refractivity contribution in [1.82, 2.24) is 0 Å². The highest BCUT2D eigenvalue weighted by molar-refractivity contribution is 5.95. The number of Topliss-reactive ketones (excluding diaryl/α,β-unsaturated/α-hetero) is 1. The number of aliphatic carboxylic acids is 1. The van der Waals surface area contributed by atoms with Crippen LogP contribution in [0.3, 0.4) is 0 Å². The number of ketones is 1.